The Bertz CT molecular complexity index is 683. The lowest BCUT2D eigenvalue weighted by Crippen LogP contribution is -2.10. The molecule has 0 saturated carbocycles. The molecule has 31 heavy (non-hydrogen) atoms. The average molecular weight is 433 g/mol. The molecule has 6 nitrogen and oxygen atoms in total. The Kier molecular flexibility index (Phi) is 14.7. The van der Waals surface area contributed by atoms with Crippen molar-refractivity contribution in [3.8, 4) is 0 Å². The lowest BCUT2D eigenvalue weighted by Gasteiger charge is -2.04. The fourth-order valence-corrected chi connectivity index (χ4v) is 2.70. The van der Waals surface area contributed by atoms with E-state index < -0.39 is 11.9 Å². The predicted molar refractivity (Wildman–Crippen MR) is 123 cm³/mol. The molecule has 2 atom stereocenters. The van der Waals surface area contributed by atoms with Crippen molar-refractivity contribution in [2.75, 3.05) is 0 Å². The number of hydrogen-bond acceptors (Lipinski definition) is 4. The van der Waals surface area contributed by atoms with Crippen LogP contribution in [0.5, 0.6) is 0 Å². The fourth-order valence-electron chi connectivity index (χ4n) is 2.70. The van der Waals surface area contributed by atoms with Gasteiger partial charge in [-0.3, -0.25) is 0 Å². The van der Waals surface area contributed by atoms with Crippen molar-refractivity contribution >= 4 is 11.9 Å². The molecule has 0 aliphatic heterocycles. The standard InChI is InChI=1S/2C10H12O2.C5H12O2/c2*1-2-3-8-4-6-9(7-5-8)10(11)12;1-4(6)3-5(2)7/h2*4-7H,2-3H2,1H3,(H,11,12);4-7H,3H2,1-2H3. The summed E-state index contributed by atoms with van der Waals surface area (Å²) in [5.41, 5.74) is 3.11. The van der Waals surface area contributed by atoms with Crippen LogP contribution in [0.25, 0.3) is 0 Å². The third-order valence-electron chi connectivity index (χ3n) is 4.16. The van der Waals surface area contributed by atoms with Gasteiger partial charge in [0.05, 0.1) is 23.3 Å². The first kappa shape index (κ1) is 28.3. The smallest absolute Gasteiger partial charge is 0.335 e. The number of carbonyl (C=O) groups is 2. The molecule has 0 heterocycles. The summed E-state index contributed by atoms with van der Waals surface area (Å²) in [6.45, 7) is 7.52. The molecule has 0 spiro atoms. The van der Waals surface area contributed by atoms with Gasteiger partial charge >= 0.3 is 11.9 Å². The second kappa shape index (κ2) is 16.1. The largest absolute Gasteiger partial charge is 0.478 e. The lowest BCUT2D eigenvalue weighted by molar-refractivity contribution is 0.0686. The minimum absolute atomic E-state index is 0.356. The van der Waals surface area contributed by atoms with Gasteiger partial charge in [-0.25, -0.2) is 9.59 Å². The first-order chi connectivity index (χ1) is 14.6. The summed E-state index contributed by atoms with van der Waals surface area (Å²) < 4.78 is 0. The summed E-state index contributed by atoms with van der Waals surface area (Å²) in [6, 6.07) is 14.1. The Morgan fingerprint density at radius 1 is 0.677 bits per heavy atom. The van der Waals surface area contributed by atoms with Crippen LogP contribution >= 0.6 is 0 Å². The zero-order chi connectivity index (χ0) is 23.8. The van der Waals surface area contributed by atoms with Gasteiger partial charge in [0.25, 0.3) is 0 Å². The van der Waals surface area contributed by atoms with E-state index in [2.05, 4.69) is 13.8 Å². The molecule has 0 fully saturated rings. The van der Waals surface area contributed by atoms with Crippen LogP contribution in [0.1, 0.15) is 78.8 Å². The van der Waals surface area contributed by atoms with Crippen molar-refractivity contribution in [3.63, 3.8) is 0 Å². The van der Waals surface area contributed by atoms with Crippen molar-refractivity contribution in [2.24, 2.45) is 0 Å². The van der Waals surface area contributed by atoms with E-state index in [-0.39, 0.29) is 12.2 Å². The highest BCUT2D eigenvalue weighted by molar-refractivity contribution is 5.87. The van der Waals surface area contributed by atoms with Crippen LogP contribution in [-0.4, -0.2) is 44.6 Å². The summed E-state index contributed by atoms with van der Waals surface area (Å²) in [6.07, 6.45) is 3.93. The molecule has 0 aliphatic carbocycles. The number of carboxylic acids is 2. The quantitative estimate of drug-likeness (QED) is 0.476. The average Bonchev–Trinajstić information content (AvgIpc) is 2.69. The Morgan fingerprint density at radius 3 is 1.13 bits per heavy atom. The van der Waals surface area contributed by atoms with E-state index >= 15 is 0 Å². The maximum Gasteiger partial charge on any atom is 0.335 e. The molecular weight excluding hydrogens is 396 g/mol. The molecule has 2 aromatic rings. The zero-order valence-corrected chi connectivity index (χ0v) is 18.9. The molecule has 172 valence electrons. The molecule has 2 rings (SSSR count). The van der Waals surface area contributed by atoms with Gasteiger partial charge in [0.2, 0.25) is 0 Å². The van der Waals surface area contributed by atoms with Crippen molar-refractivity contribution < 1.29 is 30.0 Å². The van der Waals surface area contributed by atoms with Crippen LogP contribution < -0.4 is 0 Å². The van der Waals surface area contributed by atoms with Crippen molar-refractivity contribution in [3.05, 3.63) is 70.8 Å². The molecule has 4 N–H and O–H groups in total. The van der Waals surface area contributed by atoms with Gasteiger partial charge in [-0.2, -0.15) is 0 Å². The second-order valence-corrected chi connectivity index (χ2v) is 7.44. The number of hydrogen-bond donors (Lipinski definition) is 4. The number of aliphatic hydroxyl groups is 2. The molecule has 0 aromatic heterocycles. The molecule has 0 saturated heterocycles. The highest BCUT2D eigenvalue weighted by Crippen LogP contribution is 2.07. The van der Waals surface area contributed by atoms with Crippen molar-refractivity contribution in [2.45, 2.75) is 72.0 Å². The van der Waals surface area contributed by atoms with Crippen LogP contribution in [0.15, 0.2) is 48.5 Å². The minimum Gasteiger partial charge on any atom is -0.478 e. The number of benzene rings is 2. The second-order valence-electron chi connectivity index (χ2n) is 7.44. The van der Waals surface area contributed by atoms with Crippen LogP contribution in [0, 0.1) is 0 Å². The van der Waals surface area contributed by atoms with Gasteiger partial charge in [0.15, 0.2) is 0 Å². The Hall–Kier alpha value is -2.70. The molecule has 6 heteroatoms. The van der Waals surface area contributed by atoms with Gasteiger partial charge in [0, 0.05) is 0 Å². The van der Waals surface area contributed by atoms with Gasteiger partial charge in [-0.15, -0.1) is 0 Å². The maximum absolute atomic E-state index is 10.5. The molecule has 2 aromatic carbocycles. The first-order valence-electron chi connectivity index (χ1n) is 10.6. The number of aliphatic hydroxyl groups excluding tert-OH is 2. The Labute approximate surface area is 185 Å². The van der Waals surface area contributed by atoms with Crippen molar-refractivity contribution in [1.82, 2.24) is 0 Å². The third kappa shape index (κ3) is 14.0. The van der Waals surface area contributed by atoms with E-state index in [0.717, 1.165) is 25.7 Å². The molecule has 0 amide bonds. The normalized spacial score (nSPS) is 11.8. The molecule has 0 bridgehead atoms. The number of aromatic carboxylic acids is 2. The Balaban J connectivity index is 0.000000454. The minimum atomic E-state index is -0.863. The van der Waals surface area contributed by atoms with E-state index in [9.17, 15) is 9.59 Å². The summed E-state index contributed by atoms with van der Waals surface area (Å²) in [7, 11) is 0. The van der Waals surface area contributed by atoms with E-state index in [1.807, 2.05) is 24.3 Å². The zero-order valence-electron chi connectivity index (χ0n) is 18.9. The summed E-state index contributed by atoms with van der Waals surface area (Å²) in [5, 5.41) is 34.3. The van der Waals surface area contributed by atoms with Gasteiger partial charge < -0.3 is 20.4 Å². The highest BCUT2D eigenvalue weighted by Gasteiger charge is 2.01. The SMILES string of the molecule is CC(O)CC(C)O.CCCc1ccc(C(=O)O)cc1.CCCc1ccc(C(=O)O)cc1. The molecular formula is C25H36O6. The first-order valence-corrected chi connectivity index (χ1v) is 10.6. The predicted octanol–water partition coefficient (Wildman–Crippen LogP) is 4.81. The monoisotopic (exact) mass is 432 g/mol. The maximum atomic E-state index is 10.5. The van der Waals surface area contributed by atoms with E-state index in [1.165, 1.54) is 11.1 Å². The number of rotatable bonds is 8. The number of aryl methyl sites for hydroxylation is 2. The fraction of sp³-hybridized carbons (Fsp3) is 0.440. The van der Waals surface area contributed by atoms with E-state index in [1.54, 1.807) is 38.1 Å². The summed E-state index contributed by atoms with van der Waals surface area (Å²) in [4.78, 5) is 20.9. The third-order valence-corrected chi connectivity index (χ3v) is 4.16. The van der Waals surface area contributed by atoms with E-state index in [4.69, 9.17) is 20.4 Å². The molecule has 2 unspecified atom stereocenters. The van der Waals surface area contributed by atoms with Crippen LogP contribution in [-0.2, 0) is 12.8 Å². The topological polar surface area (TPSA) is 115 Å². The van der Waals surface area contributed by atoms with Crippen molar-refractivity contribution in [1.29, 1.82) is 0 Å². The van der Waals surface area contributed by atoms with Crippen LogP contribution in [0.2, 0.25) is 0 Å². The Morgan fingerprint density at radius 2 is 0.968 bits per heavy atom. The van der Waals surface area contributed by atoms with Crippen LogP contribution in [0.4, 0.5) is 0 Å². The molecule has 0 radical (unpaired) electrons. The van der Waals surface area contributed by atoms with Crippen LogP contribution in [0.3, 0.4) is 0 Å². The van der Waals surface area contributed by atoms with Gasteiger partial charge in [-0.1, -0.05) is 51.0 Å². The highest BCUT2D eigenvalue weighted by atomic mass is 16.4. The lowest BCUT2D eigenvalue weighted by atomic mass is 10.1. The summed E-state index contributed by atoms with van der Waals surface area (Å²) in [5.74, 6) is -1.73. The van der Waals surface area contributed by atoms with Gasteiger partial charge in [-0.05, 0) is 68.5 Å². The molecule has 0 aliphatic rings. The van der Waals surface area contributed by atoms with Gasteiger partial charge in [0.1, 0.15) is 0 Å². The number of carboxylic acid groups (broad SMARTS) is 2. The summed E-state index contributed by atoms with van der Waals surface area (Å²) >= 11 is 0. The van der Waals surface area contributed by atoms with E-state index in [0.29, 0.717) is 17.5 Å².